The van der Waals surface area contributed by atoms with Gasteiger partial charge >= 0.3 is 0 Å². The third-order valence-corrected chi connectivity index (χ3v) is 3.97. The average Bonchev–Trinajstić information content (AvgIpc) is 2.96. The molecule has 1 heterocycles. The topological polar surface area (TPSA) is 84.7 Å². The van der Waals surface area contributed by atoms with Gasteiger partial charge in [-0.05, 0) is 44.5 Å². The lowest BCUT2D eigenvalue weighted by molar-refractivity contribution is -0.121. The first-order chi connectivity index (χ1) is 12.4. The van der Waals surface area contributed by atoms with Crippen LogP contribution < -0.4 is 10.1 Å². The Hall–Kier alpha value is -2.83. The van der Waals surface area contributed by atoms with Crippen molar-refractivity contribution in [2.75, 3.05) is 20.1 Å². The molecular formula is C19H25N3O4. The van der Waals surface area contributed by atoms with Gasteiger partial charge in [-0.15, -0.1) is 0 Å². The van der Waals surface area contributed by atoms with E-state index in [0.29, 0.717) is 24.5 Å². The second kappa shape index (κ2) is 9.03. The summed E-state index contributed by atoms with van der Waals surface area (Å²) < 4.78 is 10.8. The van der Waals surface area contributed by atoms with Crippen molar-refractivity contribution in [3.63, 3.8) is 0 Å². The molecule has 2 rings (SSSR count). The number of carbonyl (C=O) groups excluding carboxylic acids is 2. The maximum atomic E-state index is 12.4. The zero-order valence-electron chi connectivity index (χ0n) is 15.7. The van der Waals surface area contributed by atoms with Crippen LogP contribution in [0.1, 0.15) is 40.7 Å². The number of aromatic nitrogens is 1. The van der Waals surface area contributed by atoms with E-state index in [1.807, 2.05) is 20.8 Å². The minimum absolute atomic E-state index is 0.0309. The zero-order chi connectivity index (χ0) is 19.1. The van der Waals surface area contributed by atoms with Crippen molar-refractivity contribution in [1.82, 2.24) is 15.4 Å². The van der Waals surface area contributed by atoms with E-state index in [0.717, 1.165) is 23.4 Å². The number of rotatable bonds is 8. The average molecular weight is 359 g/mol. The molecular weight excluding hydrogens is 334 g/mol. The van der Waals surface area contributed by atoms with Crippen LogP contribution in [-0.4, -0.2) is 42.0 Å². The number of hydrogen-bond acceptors (Lipinski definition) is 5. The molecule has 0 bridgehead atoms. The first-order valence-corrected chi connectivity index (χ1v) is 8.59. The molecule has 0 saturated heterocycles. The highest BCUT2D eigenvalue weighted by molar-refractivity contribution is 5.96. The Labute approximate surface area is 153 Å². The third-order valence-electron chi connectivity index (χ3n) is 3.97. The number of ether oxygens (including phenoxy) is 1. The maximum Gasteiger partial charge on any atom is 0.254 e. The third kappa shape index (κ3) is 5.08. The van der Waals surface area contributed by atoms with Gasteiger partial charge < -0.3 is 19.5 Å². The number of likely N-dealkylation sites (N-methyl/N-ethyl adjacent to an activating group) is 1. The molecule has 0 aliphatic carbocycles. The molecule has 0 unspecified atom stereocenters. The summed E-state index contributed by atoms with van der Waals surface area (Å²) in [5.74, 6) is 0.998. The fourth-order valence-electron chi connectivity index (χ4n) is 2.39. The highest BCUT2D eigenvalue weighted by Gasteiger charge is 2.15. The first kappa shape index (κ1) is 19.5. The molecule has 26 heavy (non-hydrogen) atoms. The summed E-state index contributed by atoms with van der Waals surface area (Å²) in [7, 11) is 1.61. The van der Waals surface area contributed by atoms with Gasteiger partial charge in [0, 0.05) is 19.2 Å². The minimum atomic E-state index is -0.214. The SMILES string of the molecule is CCCNC(=O)CN(C)C(=O)c1ccc(OCc2c(C)noc2C)cc1. The van der Waals surface area contributed by atoms with Gasteiger partial charge in [0.1, 0.15) is 18.1 Å². The molecule has 1 aromatic heterocycles. The monoisotopic (exact) mass is 359 g/mol. The van der Waals surface area contributed by atoms with Crippen molar-refractivity contribution in [3.05, 3.63) is 46.8 Å². The largest absolute Gasteiger partial charge is 0.489 e. The van der Waals surface area contributed by atoms with Crippen LogP contribution in [0, 0.1) is 13.8 Å². The number of carbonyl (C=O) groups is 2. The van der Waals surface area contributed by atoms with E-state index in [4.69, 9.17) is 9.26 Å². The zero-order valence-corrected chi connectivity index (χ0v) is 15.7. The molecule has 2 amide bonds. The fourth-order valence-corrected chi connectivity index (χ4v) is 2.39. The van der Waals surface area contributed by atoms with Gasteiger partial charge in [0.15, 0.2) is 0 Å². The van der Waals surface area contributed by atoms with Gasteiger partial charge in [-0.2, -0.15) is 0 Å². The summed E-state index contributed by atoms with van der Waals surface area (Å²) >= 11 is 0. The number of hydrogen-bond donors (Lipinski definition) is 1. The lowest BCUT2D eigenvalue weighted by atomic mass is 10.2. The van der Waals surface area contributed by atoms with Crippen LogP contribution in [-0.2, 0) is 11.4 Å². The van der Waals surface area contributed by atoms with Crippen molar-refractivity contribution in [2.24, 2.45) is 0 Å². The molecule has 0 aliphatic rings. The molecule has 0 spiro atoms. The van der Waals surface area contributed by atoms with Gasteiger partial charge in [-0.3, -0.25) is 9.59 Å². The number of amides is 2. The predicted molar refractivity (Wildman–Crippen MR) is 97.0 cm³/mol. The normalized spacial score (nSPS) is 10.5. The maximum absolute atomic E-state index is 12.4. The van der Waals surface area contributed by atoms with E-state index >= 15 is 0 Å². The van der Waals surface area contributed by atoms with Gasteiger partial charge in [-0.1, -0.05) is 12.1 Å². The van der Waals surface area contributed by atoms with Gasteiger partial charge in [0.05, 0.1) is 17.8 Å². The highest BCUT2D eigenvalue weighted by atomic mass is 16.5. The van der Waals surface area contributed by atoms with Crippen LogP contribution in [0.5, 0.6) is 5.75 Å². The van der Waals surface area contributed by atoms with E-state index in [-0.39, 0.29) is 18.4 Å². The molecule has 2 aromatic rings. The van der Waals surface area contributed by atoms with Crippen LogP contribution in [0.3, 0.4) is 0 Å². The van der Waals surface area contributed by atoms with E-state index in [9.17, 15) is 9.59 Å². The van der Waals surface area contributed by atoms with Crippen LogP contribution in [0.15, 0.2) is 28.8 Å². The quantitative estimate of drug-likeness (QED) is 0.783. The predicted octanol–water partition coefficient (Wildman–Crippen LogP) is 2.47. The second-order valence-corrected chi connectivity index (χ2v) is 6.13. The standard InChI is InChI=1S/C19H25N3O4/c1-5-10-20-18(23)11-22(4)19(24)15-6-8-16(9-7-15)25-12-17-13(2)21-26-14(17)3/h6-9H,5,10-12H2,1-4H3,(H,20,23). The fraction of sp³-hybridized carbons (Fsp3) is 0.421. The van der Waals surface area contributed by atoms with Crippen LogP contribution in [0.4, 0.5) is 0 Å². The van der Waals surface area contributed by atoms with Crippen molar-refractivity contribution in [1.29, 1.82) is 0 Å². The lowest BCUT2D eigenvalue weighted by Crippen LogP contribution is -2.38. The van der Waals surface area contributed by atoms with Crippen molar-refractivity contribution < 1.29 is 18.8 Å². The van der Waals surface area contributed by atoms with Crippen molar-refractivity contribution >= 4 is 11.8 Å². The molecule has 0 fully saturated rings. The minimum Gasteiger partial charge on any atom is -0.489 e. The summed E-state index contributed by atoms with van der Waals surface area (Å²) in [4.78, 5) is 25.5. The highest BCUT2D eigenvalue weighted by Crippen LogP contribution is 2.18. The van der Waals surface area contributed by atoms with Crippen LogP contribution >= 0.6 is 0 Å². The summed E-state index contributed by atoms with van der Waals surface area (Å²) in [5, 5.41) is 6.64. The molecule has 1 N–H and O–H groups in total. The molecule has 7 nitrogen and oxygen atoms in total. The van der Waals surface area contributed by atoms with Gasteiger partial charge in [-0.25, -0.2) is 0 Å². The second-order valence-electron chi connectivity index (χ2n) is 6.13. The molecule has 0 saturated carbocycles. The summed E-state index contributed by atoms with van der Waals surface area (Å²) in [6.45, 7) is 6.67. The Bertz CT molecular complexity index is 733. The van der Waals surface area contributed by atoms with E-state index in [2.05, 4.69) is 10.5 Å². The number of nitrogens with zero attached hydrogens (tertiary/aromatic N) is 2. The first-order valence-electron chi connectivity index (χ1n) is 8.59. The van der Waals surface area contributed by atoms with Gasteiger partial charge in [0.2, 0.25) is 5.91 Å². The van der Waals surface area contributed by atoms with Crippen molar-refractivity contribution in [3.8, 4) is 5.75 Å². The number of aryl methyl sites for hydroxylation is 2. The summed E-state index contributed by atoms with van der Waals surface area (Å²) in [6.07, 6.45) is 0.860. The summed E-state index contributed by atoms with van der Waals surface area (Å²) in [6, 6.07) is 6.84. The van der Waals surface area contributed by atoms with Crippen molar-refractivity contribution in [2.45, 2.75) is 33.8 Å². The Balaban J connectivity index is 1.91. The smallest absolute Gasteiger partial charge is 0.254 e. The van der Waals surface area contributed by atoms with Gasteiger partial charge in [0.25, 0.3) is 5.91 Å². The summed E-state index contributed by atoms with van der Waals surface area (Å²) in [5.41, 5.74) is 2.22. The molecule has 0 atom stereocenters. The Kier molecular flexibility index (Phi) is 6.77. The lowest BCUT2D eigenvalue weighted by Gasteiger charge is -2.17. The molecule has 0 aliphatic heterocycles. The molecule has 140 valence electrons. The molecule has 7 heteroatoms. The van der Waals surface area contributed by atoms with Crippen LogP contribution in [0.25, 0.3) is 0 Å². The van der Waals surface area contributed by atoms with E-state index in [1.54, 1.807) is 31.3 Å². The van der Waals surface area contributed by atoms with E-state index < -0.39 is 0 Å². The number of nitrogens with one attached hydrogen (secondary N) is 1. The Morgan fingerprint density at radius 2 is 1.92 bits per heavy atom. The van der Waals surface area contributed by atoms with Crippen LogP contribution in [0.2, 0.25) is 0 Å². The Morgan fingerprint density at radius 3 is 2.50 bits per heavy atom. The number of benzene rings is 1. The van der Waals surface area contributed by atoms with E-state index in [1.165, 1.54) is 4.90 Å². The Morgan fingerprint density at radius 1 is 1.23 bits per heavy atom. The molecule has 1 aromatic carbocycles. The molecule has 0 radical (unpaired) electrons.